The van der Waals surface area contributed by atoms with Crippen LogP contribution in [0.4, 0.5) is 0 Å². The zero-order chi connectivity index (χ0) is 13.9. The molecule has 0 radical (unpaired) electrons. The summed E-state index contributed by atoms with van der Waals surface area (Å²) in [6.07, 6.45) is 1.69. The van der Waals surface area contributed by atoms with Crippen molar-refractivity contribution in [2.45, 2.75) is 25.1 Å². The lowest BCUT2D eigenvalue weighted by Crippen LogP contribution is -2.14. The summed E-state index contributed by atoms with van der Waals surface area (Å²) in [5.41, 5.74) is 0.853. The van der Waals surface area contributed by atoms with E-state index in [0.717, 1.165) is 5.69 Å². The van der Waals surface area contributed by atoms with E-state index in [0.29, 0.717) is 24.7 Å². The van der Waals surface area contributed by atoms with Gasteiger partial charge in [-0.05, 0) is 25.1 Å². The molecule has 3 N–H and O–H groups in total. The molecule has 2 aromatic heterocycles. The summed E-state index contributed by atoms with van der Waals surface area (Å²) in [5.74, 6) is 1.20. The first kappa shape index (κ1) is 13.7. The number of primary sulfonamides is 1. The van der Waals surface area contributed by atoms with Crippen LogP contribution in [-0.4, -0.2) is 18.4 Å². The molecule has 0 aromatic carbocycles. The third-order valence-corrected chi connectivity index (χ3v) is 3.14. The Hall–Kier alpha value is -1.77. The van der Waals surface area contributed by atoms with E-state index in [2.05, 4.69) is 15.3 Å². The fraction of sp³-hybridized carbons (Fsp3) is 0.273. The number of hydrogen-bond acceptors (Lipinski definition) is 6. The molecule has 2 rings (SSSR count). The first-order valence-electron chi connectivity index (χ1n) is 5.56. The van der Waals surface area contributed by atoms with Gasteiger partial charge in [0.25, 0.3) is 10.0 Å². The molecule has 2 aromatic rings. The third-order valence-electron chi connectivity index (χ3n) is 2.36. The highest BCUT2D eigenvalue weighted by molar-refractivity contribution is 7.89. The van der Waals surface area contributed by atoms with E-state index in [4.69, 9.17) is 9.56 Å². The van der Waals surface area contributed by atoms with Crippen molar-refractivity contribution >= 4 is 10.0 Å². The minimum atomic E-state index is -3.78. The summed E-state index contributed by atoms with van der Waals surface area (Å²) in [7, 11) is -3.78. The van der Waals surface area contributed by atoms with Crippen molar-refractivity contribution in [1.82, 2.24) is 15.3 Å². The maximum atomic E-state index is 11.0. The Morgan fingerprint density at radius 3 is 2.74 bits per heavy atom. The monoisotopic (exact) mass is 282 g/mol. The van der Waals surface area contributed by atoms with E-state index in [9.17, 15) is 8.42 Å². The number of sulfonamides is 1. The number of rotatable bonds is 5. The van der Waals surface area contributed by atoms with Gasteiger partial charge in [-0.25, -0.2) is 23.5 Å². The molecule has 19 heavy (non-hydrogen) atoms. The molecule has 2 heterocycles. The normalized spacial score (nSPS) is 11.7. The smallest absolute Gasteiger partial charge is 0.271 e. The minimum Gasteiger partial charge on any atom is -0.447 e. The highest BCUT2D eigenvalue weighted by atomic mass is 32.2. The van der Waals surface area contributed by atoms with Gasteiger partial charge in [-0.1, -0.05) is 0 Å². The number of nitrogens with two attached hydrogens (primary N) is 1. The van der Waals surface area contributed by atoms with E-state index in [1.807, 2.05) is 6.92 Å². The van der Waals surface area contributed by atoms with Crippen LogP contribution in [0.1, 0.15) is 17.3 Å². The molecule has 0 unspecified atom stereocenters. The average Bonchev–Trinajstić information content (AvgIpc) is 2.77. The van der Waals surface area contributed by atoms with Crippen LogP contribution in [0, 0.1) is 6.92 Å². The second-order valence-electron chi connectivity index (χ2n) is 3.96. The quantitative estimate of drug-likeness (QED) is 0.816. The fourth-order valence-corrected chi connectivity index (χ4v) is 2.00. The molecule has 8 heteroatoms. The van der Waals surface area contributed by atoms with Gasteiger partial charge < -0.3 is 9.73 Å². The predicted octanol–water partition coefficient (Wildman–Crippen LogP) is 0.315. The summed E-state index contributed by atoms with van der Waals surface area (Å²) in [6.45, 7) is 2.74. The van der Waals surface area contributed by atoms with Gasteiger partial charge in [0.2, 0.25) is 5.09 Å². The van der Waals surface area contributed by atoms with Gasteiger partial charge in [0.05, 0.1) is 12.2 Å². The van der Waals surface area contributed by atoms with E-state index >= 15 is 0 Å². The standard InChI is InChI=1S/C11H14N4O3S/c1-8-14-5-4-9(15-8)6-13-7-10-2-3-11(18-10)19(12,16)17/h2-5,13H,6-7H2,1H3,(H2,12,16,17). The molecule has 0 saturated heterocycles. The lowest BCUT2D eigenvalue weighted by molar-refractivity contribution is 0.402. The number of hydrogen-bond donors (Lipinski definition) is 2. The Bertz CT molecular complexity index is 666. The number of aryl methyl sites for hydroxylation is 1. The van der Waals surface area contributed by atoms with Crippen molar-refractivity contribution in [3.8, 4) is 0 Å². The lowest BCUT2D eigenvalue weighted by atomic mass is 10.3. The summed E-state index contributed by atoms with van der Waals surface area (Å²) >= 11 is 0. The summed E-state index contributed by atoms with van der Waals surface area (Å²) in [6, 6.07) is 4.71. The van der Waals surface area contributed by atoms with E-state index in [-0.39, 0.29) is 5.09 Å². The Labute approximate surface area is 110 Å². The molecule has 0 fully saturated rings. The Kier molecular flexibility index (Phi) is 3.93. The molecule has 7 nitrogen and oxygen atoms in total. The van der Waals surface area contributed by atoms with E-state index in [1.54, 1.807) is 18.3 Å². The summed E-state index contributed by atoms with van der Waals surface area (Å²) in [4.78, 5) is 8.23. The van der Waals surface area contributed by atoms with Crippen LogP contribution in [0.2, 0.25) is 0 Å². The number of aromatic nitrogens is 2. The van der Waals surface area contributed by atoms with Crippen LogP contribution in [0.5, 0.6) is 0 Å². The molecule has 0 aliphatic rings. The van der Waals surface area contributed by atoms with E-state index < -0.39 is 10.0 Å². The zero-order valence-electron chi connectivity index (χ0n) is 10.3. The SMILES string of the molecule is Cc1nccc(CNCc2ccc(S(N)(=O)=O)o2)n1. The third kappa shape index (κ3) is 3.85. The van der Waals surface area contributed by atoms with Gasteiger partial charge in [0, 0.05) is 12.7 Å². The predicted molar refractivity (Wildman–Crippen MR) is 67.4 cm³/mol. The average molecular weight is 282 g/mol. The highest BCUT2D eigenvalue weighted by Gasteiger charge is 2.12. The Balaban J connectivity index is 1.91. The molecule has 0 aliphatic carbocycles. The maximum absolute atomic E-state index is 11.0. The lowest BCUT2D eigenvalue weighted by Gasteiger charge is -2.02. The molecule has 102 valence electrons. The topological polar surface area (TPSA) is 111 Å². The largest absolute Gasteiger partial charge is 0.447 e. The van der Waals surface area contributed by atoms with Gasteiger partial charge in [-0.2, -0.15) is 0 Å². The van der Waals surface area contributed by atoms with Crippen molar-refractivity contribution in [2.24, 2.45) is 5.14 Å². The molecule has 0 saturated carbocycles. The molecular formula is C11H14N4O3S. The van der Waals surface area contributed by atoms with Gasteiger partial charge in [-0.15, -0.1) is 0 Å². The summed E-state index contributed by atoms with van der Waals surface area (Å²) in [5, 5.41) is 7.80. The fourth-order valence-electron chi connectivity index (χ4n) is 1.52. The van der Waals surface area contributed by atoms with Crippen LogP contribution in [0.25, 0.3) is 0 Å². The highest BCUT2D eigenvalue weighted by Crippen LogP contribution is 2.11. The number of nitrogens with one attached hydrogen (secondary N) is 1. The van der Waals surface area contributed by atoms with Gasteiger partial charge in [0.1, 0.15) is 11.6 Å². The van der Waals surface area contributed by atoms with Crippen LogP contribution >= 0.6 is 0 Å². The molecule has 0 atom stereocenters. The Morgan fingerprint density at radius 1 is 1.32 bits per heavy atom. The summed E-state index contributed by atoms with van der Waals surface area (Å²) < 4.78 is 27.2. The van der Waals surface area contributed by atoms with Crippen LogP contribution in [-0.2, 0) is 23.1 Å². The molecule has 0 spiro atoms. The minimum absolute atomic E-state index is 0.234. The van der Waals surface area contributed by atoms with Crippen molar-refractivity contribution in [1.29, 1.82) is 0 Å². The molecule has 0 aliphatic heterocycles. The second kappa shape index (κ2) is 5.47. The van der Waals surface area contributed by atoms with Crippen molar-refractivity contribution in [3.63, 3.8) is 0 Å². The number of furan rings is 1. The van der Waals surface area contributed by atoms with Crippen molar-refractivity contribution < 1.29 is 12.8 Å². The van der Waals surface area contributed by atoms with Crippen LogP contribution < -0.4 is 10.5 Å². The second-order valence-corrected chi connectivity index (χ2v) is 5.46. The first-order valence-corrected chi connectivity index (χ1v) is 7.10. The first-order chi connectivity index (χ1) is 8.95. The zero-order valence-corrected chi connectivity index (χ0v) is 11.1. The molecular weight excluding hydrogens is 268 g/mol. The molecule has 0 bridgehead atoms. The van der Waals surface area contributed by atoms with Gasteiger partial charge in [0.15, 0.2) is 0 Å². The van der Waals surface area contributed by atoms with Crippen molar-refractivity contribution in [2.75, 3.05) is 0 Å². The Morgan fingerprint density at radius 2 is 2.11 bits per heavy atom. The van der Waals surface area contributed by atoms with Gasteiger partial charge in [-0.3, -0.25) is 0 Å². The maximum Gasteiger partial charge on any atom is 0.271 e. The van der Waals surface area contributed by atoms with Crippen LogP contribution in [0.3, 0.4) is 0 Å². The van der Waals surface area contributed by atoms with Gasteiger partial charge >= 0.3 is 0 Å². The van der Waals surface area contributed by atoms with E-state index in [1.165, 1.54) is 6.07 Å². The molecule has 0 amide bonds. The van der Waals surface area contributed by atoms with Crippen molar-refractivity contribution in [3.05, 3.63) is 41.7 Å². The number of nitrogens with zero attached hydrogens (tertiary/aromatic N) is 2. The van der Waals surface area contributed by atoms with Crippen LogP contribution in [0.15, 0.2) is 33.9 Å².